The summed E-state index contributed by atoms with van der Waals surface area (Å²) >= 11 is 0. The van der Waals surface area contributed by atoms with E-state index in [1.165, 1.54) is 0 Å². The number of nitrogens with two attached hydrogens (primary N) is 1. The maximum absolute atomic E-state index is 11.0. The Morgan fingerprint density at radius 2 is 2.26 bits per heavy atom. The highest BCUT2D eigenvalue weighted by Gasteiger charge is 2.26. The topological polar surface area (TPSA) is 130 Å². The second kappa shape index (κ2) is 5.76. The van der Waals surface area contributed by atoms with Crippen LogP contribution in [0, 0.1) is 10.1 Å². The van der Waals surface area contributed by atoms with Gasteiger partial charge in [-0.05, 0) is 20.8 Å². The fourth-order valence-electron chi connectivity index (χ4n) is 1.60. The van der Waals surface area contributed by atoms with Crippen molar-refractivity contribution in [3.8, 4) is 0 Å². The Morgan fingerprint density at radius 1 is 1.63 bits per heavy atom. The molecule has 9 heteroatoms. The fraction of sp³-hybridized carbons (Fsp3) is 0.600. The first kappa shape index (κ1) is 15.1. The van der Waals surface area contributed by atoms with E-state index in [-0.39, 0.29) is 24.0 Å². The lowest BCUT2D eigenvalue weighted by Crippen LogP contribution is -2.39. The van der Waals surface area contributed by atoms with Crippen LogP contribution in [0.3, 0.4) is 0 Å². The molecule has 0 bridgehead atoms. The first-order valence-electron chi connectivity index (χ1n) is 5.74. The van der Waals surface area contributed by atoms with Crippen LogP contribution in [0.2, 0.25) is 0 Å². The van der Waals surface area contributed by atoms with Crippen LogP contribution in [0.5, 0.6) is 0 Å². The summed E-state index contributed by atoms with van der Waals surface area (Å²) < 4.78 is 0. The molecule has 1 aromatic heterocycles. The van der Waals surface area contributed by atoms with E-state index in [2.05, 4.69) is 15.4 Å². The van der Waals surface area contributed by atoms with Gasteiger partial charge in [0, 0.05) is 13.1 Å². The van der Waals surface area contributed by atoms with Crippen molar-refractivity contribution < 1.29 is 10.0 Å². The number of hydrogen-bond acceptors (Lipinski definition) is 8. The third kappa shape index (κ3) is 4.00. The highest BCUT2D eigenvalue weighted by atomic mass is 16.6. The first-order valence-corrected chi connectivity index (χ1v) is 5.74. The van der Waals surface area contributed by atoms with E-state index in [0.717, 1.165) is 6.20 Å². The molecule has 1 aromatic rings. The number of hydrogen-bond donors (Lipinski definition) is 3. The van der Waals surface area contributed by atoms with E-state index in [1.54, 1.807) is 18.7 Å². The van der Waals surface area contributed by atoms with Gasteiger partial charge in [-0.15, -0.1) is 0 Å². The molecule has 0 aromatic carbocycles. The number of likely N-dealkylation sites (N-methyl/N-ethyl adjacent to an activating group) is 1. The van der Waals surface area contributed by atoms with Gasteiger partial charge in [0.05, 0.1) is 10.5 Å². The first-order chi connectivity index (χ1) is 8.78. The molecule has 0 fully saturated rings. The van der Waals surface area contributed by atoms with Gasteiger partial charge in [-0.1, -0.05) is 0 Å². The lowest BCUT2D eigenvalue weighted by molar-refractivity contribution is -0.384. The summed E-state index contributed by atoms with van der Waals surface area (Å²) in [6.45, 7) is 5.69. The van der Waals surface area contributed by atoms with Crippen molar-refractivity contribution in [1.29, 1.82) is 0 Å². The van der Waals surface area contributed by atoms with Gasteiger partial charge in [0.2, 0.25) is 11.8 Å². The van der Waals surface area contributed by atoms with E-state index < -0.39 is 10.5 Å². The molecule has 9 nitrogen and oxygen atoms in total. The van der Waals surface area contributed by atoms with Crippen LogP contribution < -0.4 is 16.2 Å². The quantitative estimate of drug-likeness (QED) is 0.381. The molecule has 0 aliphatic carbocycles. The molecule has 0 atom stereocenters. The molecule has 0 spiro atoms. The molecular weight excluding hydrogens is 252 g/mol. The molecule has 0 aliphatic rings. The zero-order chi connectivity index (χ0) is 14.6. The number of aliphatic hydroxyl groups is 1. The third-order valence-electron chi connectivity index (χ3n) is 2.33. The average Bonchev–Trinajstić information content (AvgIpc) is 2.33. The van der Waals surface area contributed by atoms with Crippen molar-refractivity contribution >= 4 is 17.5 Å². The maximum Gasteiger partial charge on any atom is 0.329 e. The normalized spacial score (nSPS) is 11.2. The maximum atomic E-state index is 11.0. The van der Waals surface area contributed by atoms with Crippen molar-refractivity contribution in [3.05, 3.63) is 16.3 Å². The largest absolute Gasteiger partial charge is 0.389 e. The van der Waals surface area contributed by atoms with Crippen LogP contribution in [0.1, 0.15) is 20.8 Å². The summed E-state index contributed by atoms with van der Waals surface area (Å²) in [6, 6.07) is 0. The Balaban J connectivity index is 3.23. The number of nitrogens with one attached hydrogen (secondary N) is 1. The van der Waals surface area contributed by atoms with Gasteiger partial charge in [0.25, 0.3) is 0 Å². The van der Waals surface area contributed by atoms with E-state index in [4.69, 9.17) is 5.84 Å². The van der Waals surface area contributed by atoms with Gasteiger partial charge in [-0.2, -0.15) is 4.98 Å². The Hall–Kier alpha value is -2.00. The molecule has 106 valence electrons. The SMILES string of the molecule is CCN(CC(C)(C)O)c1nc(NN)ncc1[N+](=O)[O-]. The van der Waals surface area contributed by atoms with Crippen LogP contribution in [0.25, 0.3) is 0 Å². The second-order valence-corrected chi connectivity index (χ2v) is 4.63. The molecule has 1 heterocycles. The van der Waals surface area contributed by atoms with Gasteiger partial charge >= 0.3 is 5.69 Å². The molecular formula is C10H18N6O3. The second-order valence-electron chi connectivity index (χ2n) is 4.63. The summed E-state index contributed by atoms with van der Waals surface area (Å²) in [5.41, 5.74) is 1.00. The number of nitrogen functional groups attached to an aromatic ring is 1. The van der Waals surface area contributed by atoms with E-state index in [1.807, 2.05) is 6.92 Å². The molecule has 0 amide bonds. The van der Waals surface area contributed by atoms with Crippen molar-refractivity contribution in [2.75, 3.05) is 23.4 Å². The minimum absolute atomic E-state index is 0.0785. The van der Waals surface area contributed by atoms with Gasteiger partial charge < -0.3 is 10.0 Å². The highest BCUT2D eigenvalue weighted by Crippen LogP contribution is 2.26. The van der Waals surface area contributed by atoms with Gasteiger partial charge in [-0.25, -0.2) is 10.8 Å². The zero-order valence-electron chi connectivity index (χ0n) is 11.1. The Morgan fingerprint density at radius 3 is 2.68 bits per heavy atom. The van der Waals surface area contributed by atoms with E-state index in [9.17, 15) is 15.2 Å². The van der Waals surface area contributed by atoms with Crippen molar-refractivity contribution in [1.82, 2.24) is 9.97 Å². The van der Waals surface area contributed by atoms with Crippen LogP contribution in [-0.4, -0.2) is 38.7 Å². The molecule has 0 unspecified atom stereocenters. The number of anilines is 2. The highest BCUT2D eigenvalue weighted by molar-refractivity contribution is 5.58. The molecule has 0 aliphatic heterocycles. The van der Waals surface area contributed by atoms with Crippen LogP contribution >= 0.6 is 0 Å². The summed E-state index contributed by atoms with van der Waals surface area (Å²) in [7, 11) is 0. The Bertz CT molecular complexity index is 459. The van der Waals surface area contributed by atoms with Gasteiger partial charge in [0.1, 0.15) is 6.20 Å². The minimum Gasteiger partial charge on any atom is -0.389 e. The number of hydrazine groups is 1. The molecule has 4 N–H and O–H groups in total. The van der Waals surface area contributed by atoms with Crippen LogP contribution in [0.15, 0.2) is 6.20 Å². The molecule has 1 rings (SSSR count). The minimum atomic E-state index is -1.01. The predicted molar refractivity (Wildman–Crippen MR) is 70.7 cm³/mol. The fourth-order valence-corrected chi connectivity index (χ4v) is 1.60. The van der Waals surface area contributed by atoms with Gasteiger partial charge in [0.15, 0.2) is 0 Å². The van der Waals surface area contributed by atoms with Crippen molar-refractivity contribution in [2.45, 2.75) is 26.4 Å². The standard InChI is InChI=1S/C10H18N6O3/c1-4-15(6-10(2,3)17)8-7(16(18)19)5-12-9(13-8)14-11/h5,17H,4,6,11H2,1-3H3,(H,12,13,14). The van der Waals surface area contributed by atoms with E-state index >= 15 is 0 Å². The Kier molecular flexibility index (Phi) is 4.57. The number of nitrogens with zero attached hydrogens (tertiary/aromatic N) is 4. The molecule has 0 saturated carbocycles. The van der Waals surface area contributed by atoms with Gasteiger partial charge in [-0.3, -0.25) is 15.5 Å². The van der Waals surface area contributed by atoms with E-state index in [0.29, 0.717) is 6.54 Å². The summed E-state index contributed by atoms with van der Waals surface area (Å²) in [5, 5.41) is 20.8. The lowest BCUT2D eigenvalue weighted by Gasteiger charge is -2.28. The third-order valence-corrected chi connectivity index (χ3v) is 2.33. The summed E-state index contributed by atoms with van der Waals surface area (Å²) in [5.74, 6) is 5.40. The smallest absolute Gasteiger partial charge is 0.329 e. The molecule has 0 saturated heterocycles. The van der Waals surface area contributed by atoms with Crippen LogP contribution in [0.4, 0.5) is 17.5 Å². The summed E-state index contributed by atoms with van der Waals surface area (Å²) in [6.07, 6.45) is 1.09. The monoisotopic (exact) mass is 270 g/mol. The molecule has 0 radical (unpaired) electrons. The van der Waals surface area contributed by atoms with Crippen molar-refractivity contribution in [2.24, 2.45) is 5.84 Å². The predicted octanol–water partition coefficient (Wildman–Crippen LogP) is 0.268. The Labute approximate surface area is 110 Å². The number of rotatable bonds is 6. The molecule has 19 heavy (non-hydrogen) atoms. The average molecular weight is 270 g/mol. The number of nitro groups is 1. The summed E-state index contributed by atoms with van der Waals surface area (Å²) in [4.78, 5) is 19.7. The lowest BCUT2D eigenvalue weighted by atomic mass is 10.1. The van der Waals surface area contributed by atoms with Crippen molar-refractivity contribution in [3.63, 3.8) is 0 Å². The zero-order valence-corrected chi connectivity index (χ0v) is 11.1. The van der Waals surface area contributed by atoms with Crippen LogP contribution in [-0.2, 0) is 0 Å². The number of aromatic nitrogens is 2.